The minimum atomic E-state index is -0.0649. The number of hydrogen-bond donors (Lipinski definition) is 1. The van der Waals surface area contributed by atoms with E-state index in [9.17, 15) is 5.11 Å². The monoisotopic (exact) mass is 160 g/mol. The van der Waals surface area contributed by atoms with Crippen molar-refractivity contribution >= 4 is 0 Å². The second kappa shape index (κ2) is 2.11. The second-order valence-corrected chi connectivity index (χ2v) is 3.98. The molecule has 1 fully saturated rings. The molecule has 2 aliphatic rings. The third kappa shape index (κ3) is 0.774. The summed E-state index contributed by atoms with van der Waals surface area (Å²) < 4.78 is 0. The van der Waals surface area contributed by atoms with Crippen LogP contribution in [0.25, 0.3) is 0 Å². The van der Waals surface area contributed by atoms with E-state index in [2.05, 4.69) is 24.3 Å². The number of fused-ring (bicyclic) bond motifs is 3. The Labute approximate surface area is 72.0 Å². The first kappa shape index (κ1) is 6.67. The molecule has 1 saturated carbocycles. The Kier molecular flexibility index (Phi) is 1.17. The van der Waals surface area contributed by atoms with Gasteiger partial charge in [-0.3, -0.25) is 0 Å². The molecular formula is C11H12O. The van der Waals surface area contributed by atoms with Crippen molar-refractivity contribution in [2.24, 2.45) is 5.92 Å². The van der Waals surface area contributed by atoms with Gasteiger partial charge in [0.15, 0.2) is 0 Å². The second-order valence-electron chi connectivity index (χ2n) is 3.98. The summed E-state index contributed by atoms with van der Waals surface area (Å²) in [7, 11) is 0. The lowest BCUT2D eigenvalue weighted by Crippen LogP contribution is -2.19. The first-order valence-corrected chi connectivity index (χ1v) is 4.62. The van der Waals surface area contributed by atoms with Crippen molar-refractivity contribution in [1.29, 1.82) is 0 Å². The molecule has 1 aromatic carbocycles. The van der Waals surface area contributed by atoms with Gasteiger partial charge in [0.25, 0.3) is 0 Å². The average Bonchev–Trinajstić information content (AvgIpc) is 2.84. The quantitative estimate of drug-likeness (QED) is 0.612. The van der Waals surface area contributed by atoms with Crippen LogP contribution in [-0.4, -0.2) is 11.2 Å². The van der Waals surface area contributed by atoms with E-state index >= 15 is 0 Å². The van der Waals surface area contributed by atoms with Crippen molar-refractivity contribution in [3.05, 3.63) is 35.4 Å². The summed E-state index contributed by atoms with van der Waals surface area (Å²) in [6, 6.07) is 8.53. The molecule has 3 rings (SSSR count). The zero-order valence-corrected chi connectivity index (χ0v) is 6.90. The van der Waals surface area contributed by atoms with E-state index in [1.807, 2.05) is 0 Å². The Morgan fingerprint density at radius 1 is 1.25 bits per heavy atom. The van der Waals surface area contributed by atoms with E-state index in [1.54, 1.807) is 0 Å². The molecule has 3 atom stereocenters. The summed E-state index contributed by atoms with van der Waals surface area (Å²) in [6.07, 6.45) is 2.01. The first-order chi connectivity index (χ1) is 5.86. The van der Waals surface area contributed by atoms with Crippen molar-refractivity contribution < 1.29 is 5.11 Å². The molecule has 2 aliphatic carbocycles. The topological polar surface area (TPSA) is 20.2 Å². The third-order valence-corrected chi connectivity index (χ3v) is 3.22. The zero-order chi connectivity index (χ0) is 8.13. The van der Waals surface area contributed by atoms with Gasteiger partial charge in [-0.25, -0.2) is 0 Å². The fraction of sp³-hybridized carbons (Fsp3) is 0.455. The van der Waals surface area contributed by atoms with Gasteiger partial charge in [0.2, 0.25) is 0 Å². The molecule has 62 valence electrons. The van der Waals surface area contributed by atoms with Gasteiger partial charge in [0, 0.05) is 0 Å². The Morgan fingerprint density at radius 2 is 2.08 bits per heavy atom. The summed E-state index contributed by atoms with van der Waals surface area (Å²) in [6.45, 7) is 0. The van der Waals surface area contributed by atoms with Crippen molar-refractivity contribution in [3.63, 3.8) is 0 Å². The number of aliphatic hydroxyl groups is 1. The van der Waals surface area contributed by atoms with Crippen molar-refractivity contribution in [2.45, 2.75) is 24.9 Å². The van der Waals surface area contributed by atoms with Crippen molar-refractivity contribution in [2.75, 3.05) is 0 Å². The lowest BCUT2D eigenvalue weighted by Gasteiger charge is -2.19. The highest BCUT2D eigenvalue weighted by molar-refractivity contribution is 5.38. The van der Waals surface area contributed by atoms with Crippen molar-refractivity contribution in [1.82, 2.24) is 0 Å². The molecule has 1 aromatic rings. The summed E-state index contributed by atoms with van der Waals surface area (Å²) in [5.74, 6) is 1.27. The Bertz CT molecular complexity index is 319. The smallest absolute Gasteiger partial charge is 0.0614 e. The SMILES string of the molecule is O[C@@H]1Cc2ccccc2[C@H]2C[C@@H]12. The molecule has 0 radical (unpaired) electrons. The fourth-order valence-corrected chi connectivity index (χ4v) is 2.46. The molecular weight excluding hydrogens is 148 g/mol. The molecule has 0 aliphatic heterocycles. The summed E-state index contributed by atoms with van der Waals surface area (Å²) in [5, 5.41) is 9.67. The number of aliphatic hydroxyl groups excluding tert-OH is 1. The van der Waals surface area contributed by atoms with Crippen LogP contribution in [0.3, 0.4) is 0 Å². The molecule has 1 N–H and O–H groups in total. The predicted molar refractivity (Wildman–Crippen MR) is 47.0 cm³/mol. The van der Waals surface area contributed by atoms with E-state index in [1.165, 1.54) is 17.5 Å². The lowest BCUT2D eigenvalue weighted by atomic mass is 9.90. The highest BCUT2D eigenvalue weighted by Gasteiger charge is 2.47. The van der Waals surface area contributed by atoms with Crippen LogP contribution in [0.1, 0.15) is 23.5 Å². The molecule has 1 heteroatoms. The minimum Gasteiger partial charge on any atom is -0.392 e. The van der Waals surface area contributed by atoms with Gasteiger partial charge in [0.1, 0.15) is 0 Å². The summed E-state index contributed by atoms with van der Waals surface area (Å²) in [4.78, 5) is 0. The standard InChI is InChI=1S/C11H12O/c12-11-5-7-3-1-2-4-8(7)9-6-10(9)11/h1-4,9-12H,5-6H2/t9-,10-,11-/m1/s1. The fourth-order valence-electron chi connectivity index (χ4n) is 2.46. The molecule has 0 aromatic heterocycles. The number of hydrogen-bond acceptors (Lipinski definition) is 1. The summed E-state index contributed by atoms with van der Waals surface area (Å²) in [5.41, 5.74) is 2.86. The minimum absolute atomic E-state index is 0.0649. The largest absolute Gasteiger partial charge is 0.392 e. The molecule has 0 spiro atoms. The molecule has 0 heterocycles. The number of rotatable bonds is 0. The van der Waals surface area contributed by atoms with Gasteiger partial charge in [-0.05, 0) is 35.8 Å². The van der Waals surface area contributed by atoms with Crippen molar-refractivity contribution in [3.8, 4) is 0 Å². The molecule has 0 amide bonds. The van der Waals surface area contributed by atoms with Crippen LogP contribution >= 0.6 is 0 Å². The van der Waals surface area contributed by atoms with Crippen LogP contribution in [0.15, 0.2) is 24.3 Å². The summed E-state index contributed by atoms with van der Waals surface area (Å²) >= 11 is 0. The molecule has 0 bridgehead atoms. The maximum absolute atomic E-state index is 9.67. The van der Waals surface area contributed by atoms with Crippen LogP contribution in [0.5, 0.6) is 0 Å². The highest BCUT2D eigenvalue weighted by atomic mass is 16.3. The van der Waals surface area contributed by atoms with E-state index in [0.29, 0.717) is 11.8 Å². The third-order valence-electron chi connectivity index (χ3n) is 3.22. The van der Waals surface area contributed by atoms with Crippen LogP contribution in [0.2, 0.25) is 0 Å². The normalized spacial score (nSPS) is 36.9. The van der Waals surface area contributed by atoms with Gasteiger partial charge in [0.05, 0.1) is 6.10 Å². The van der Waals surface area contributed by atoms with E-state index in [4.69, 9.17) is 0 Å². The van der Waals surface area contributed by atoms with Gasteiger partial charge in [-0.2, -0.15) is 0 Å². The molecule has 1 nitrogen and oxygen atoms in total. The lowest BCUT2D eigenvalue weighted by molar-refractivity contribution is 0.144. The van der Waals surface area contributed by atoms with E-state index in [-0.39, 0.29) is 6.10 Å². The first-order valence-electron chi connectivity index (χ1n) is 4.62. The van der Waals surface area contributed by atoms with E-state index in [0.717, 1.165) is 6.42 Å². The maximum atomic E-state index is 9.67. The average molecular weight is 160 g/mol. The Morgan fingerprint density at radius 3 is 3.00 bits per heavy atom. The molecule has 0 saturated heterocycles. The molecule has 0 unspecified atom stereocenters. The van der Waals surface area contributed by atoms with Crippen LogP contribution in [0, 0.1) is 5.92 Å². The van der Waals surface area contributed by atoms with Gasteiger partial charge < -0.3 is 5.11 Å². The predicted octanol–water partition coefficient (Wildman–Crippen LogP) is 1.71. The van der Waals surface area contributed by atoms with Crippen LogP contribution in [-0.2, 0) is 6.42 Å². The highest BCUT2D eigenvalue weighted by Crippen LogP contribution is 2.54. The van der Waals surface area contributed by atoms with Crippen LogP contribution < -0.4 is 0 Å². The maximum Gasteiger partial charge on any atom is 0.0614 e. The van der Waals surface area contributed by atoms with Gasteiger partial charge >= 0.3 is 0 Å². The Hall–Kier alpha value is -0.820. The Balaban J connectivity index is 2.10. The number of benzene rings is 1. The zero-order valence-electron chi connectivity index (χ0n) is 6.90. The van der Waals surface area contributed by atoms with Crippen LogP contribution in [0.4, 0.5) is 0 Å². The van der Waals surface area contributed by atoms with E-state index < -0.39 is 0 Å². The van der Waals surface area contributed by atoms with Gasteiger partial charge in [-0.15, -0.1) is 0 Å². The van der Waals surface area contributed by atoms with Gasteiger partial charge in [-0.1, -0.05) is 24.3 Å². The molecule has 12 heavy (non-hydrogen) atoms.